The number of alkyl carbamates (subject to hydrolysis) is 1. The minimum absolute atomic E-state index is 0.0105. The number of thiophene rings is 1. The smallest absolute Gasteiger partial charge is 0.407 e. The van der Waals surface area contributed by atoms with E-state index < -0.39 is 12.1 Å². The number of hydrogen-bond acceptors (Lipinski definition) is 6. The second-order valence-corrected chi connectivity index (χ2v) is 12.4. The molecule has 2 saturated carbocycles. The van der Waals surface area contributed by atoms with Gasteiger partial charge in [-0.1, -0.05) is 51.4 Å². The van der Waals surface area contributed by atoms with Crippen LogP contribution in [0.5, 0.6) is 0 Å². The van der Waals surface area contributed by atoms with Crippen molar-refractivity contribution in [3.63, 3.8) is 0 Å². The third-order valence-corrected chi connectivity index (χ3v) is 9.94. The number of amides is 3. The number of methoxy groups -OCH3 is 1. The summed E-state index contributed by atoms with van der Waals surface area (Å²) in [5, 5.41) is 13.1. The van der Waals surface area contributed by atoms with Crippen LogP contribution >= 0.6 is 11.3 Å². The Hall–Kier alpha value is -2.62. The molecule has 0 radical (unpaired) electrons. The zero-order valence-electron chi connectivity index (χ0n) is 22.5. The molecule has 4 atom stereocenters. The van der Waals surface area contributed by atoms with Gasteiger partial charge >= 0.3 is 6.09 Å². The summed E-state index contributed by atoms with van der Waals surface area (Å²) in [5.41, 5.74) is 5.57. The predicted octanol–water partition coefficient (Wildman–Crippen LogP) is 4.00. The Kier molecular flexibility index (Phi) is 10.0. The predicted molar refractivity (Wildman–Crippen MR) is 148 cm³/mol. The Morgan fingerprint density at radius 2 is 1.82 bits per heavy atom. The van der Waals surface area contributed by atoms with Crippen LogP contribution in [0.2, 0.25) is 0 Å². The molecule has 5 N–H and O–H groups in total. The summed E-state index contributed by atoms with van der Waals surface area (Å²) in [6.07, 6.45) is 12.9. The molecule has 1 aromatic heterocycles. The van der Waals surface area contributed by atoms with E-state index in [4.69, 9.17) is 11.1 Å². The molecule has 3 amide bonds. The molecule has 0 aromatic carbocycles. The van der Waals surface area contributed by atoms with Gasteiger partial charge in [-0.05, 0) is 55.1 Å². The molecule has 1 aliphatic heterocycles. The van der Waals surface area contributed by atoms with Gasteiger partial charge in [0.2, 0.25) is 11.8 Å². The van der Waals surface area contributed by atoms with Gasteiger partial charge in [-0.25, -0.2) is 4.79 Å². The van der Waals surface area contributed by atoms with Crippen LogP contribution < -0.4 is 16.4 Å². The number of hydrogen-bond donors (Lipinski definition) is 4. The summed E-state index contributed by atoms with van der Waals surface area (Å²) in [4.78, 5) is 41.5. The number of likely N-dealkylation sites (tertiary alicyclic amines) is 1. The van der Waals surface area contributed by atoms with Crippen molar-refractivity contribution in [2.75, 3.05) is 20.2 Å². The zero-order valence-corrected chi connectivity index (χ0v) is 23.3. The second kappa shape index (κ2) is 13.4. The highest BCUT2D eigenvalue weighted by molar-refractivity contribution is 7.14. The van der Waals surface area contributed by atoms with Crippen LogP contribution in [0.1, 0.15) is 80.4 Å². The van der Waals surface area contributed by atoms with Crippen LogP contribution in [-0.2, 0) is 20.9 Å². The van der Waals surface area contributed by atoms with Gasteiger partial charge in [-0.2, -0.15) is 0 Å². The number of amidine groups is 1. The molecule has 10 heteroatoms. The maximum absolute atomic E-state index is 13.4. The van der Waals surface area contributed by atoms with E-state index in [1.54, 1.807) is 11.0 Å². The lowest BCUT2D eigenvalue weighted by molar-refractivity contribution is -0.137. The molecule has 3 unspecified atom stereocenters. The quantitative estimate of drug-likeness (QED) is 0.275. The first-order valence-electron chi connectivity index (χ1n) is 14.2. The molecule has 3 fully saturated rings. The van der Waals surface area contributed by atoms with Gasteiger partial charge in [-0.3, -0.25) is 15.0 Å². The van der Waals surface area contributed by atoms with Crippen LogP contribution in [0, 0.1) is 29.1 Å². The van der Waals surface area contributed by atoms with Gasteiger partial charge in [0.05, 0.1) is 18.5 Å². The normalized spacial score (nSPS) is 26.1. The number of carbonyl (C=O) groups is 3. The first-order chi connectivity index (χ1) is 18.4. The fourth-order valence-corrected chi connectivity index (χ4v) is 7.74. The van der Waals surface area contributed by atoms with Crippen molar-refractivity contribution < 1.29 is 19.1 Å². The summed E-state index contributed by atoms with van der Waals surface area (Å²) in [5.74, 6) is 1.89. The van der Waals surface area contributed by atoms with Gasteiger partial charge in [0.15, 0.2) is 0 Å². The van der Waals surface area contributed by atoms with Gasteiger partial charge in [0.25, 0.3) is 0 Å². The Bertz CT molecular complexity index is 992. The van der Waals surface area contributed by atoms with Crippen LogP contribution in [0.4, 0.5) is 4.79 Å². The summed E-state index contributed by atoms with van der Waals surface area (Å²) in [6, 6.07) is 3.08. The van der Waals surface area contributed by atoms with Crippen molar-refractivity contribution in [1.82, 2.24) is 15.5 Å². The molecular weight excluding hydrogens is 502 g/mol. The van der Waals surface area contributed by atoms with E-state index in [9.17, 15) is 14.4 Å². The summed E-state index contributed by atoms with van der Waals surface area (Å²) >= 11 is 1.38. The first kappa shape index (κ1) is 28.4. The lowest BCUT2D eigenvalue weighted by atomic mass is 9.67. The fraction of sp³-hybridized carbons (Fsp3) is 0.714. The molecule has 2 heterocycles. The van der Waals surface area contributed by atoms with Crippen molar-refractivity contribution in [1.29, 1.82) is 5.41 Å². The SMILES string of the molecule is COC(=O)NCC(=O)N1CC(C2CCCCC2CC2CCCCC2)C[C@H]1C(=O)NCc1ccc(C(=N)N)s1. The van der Waals surface area contributed by atoms with Gasteiger partial charge in [-0.15, -0.1) is 11.3 Å². The molecular formula is C28H43N5O4S. The standard InChI is InChI=1S/C28H43N5O4S/c1-37-28(36)32-16-25(34)33-17-20(22-10-6-5-9-19(22)13-18-7-3-2-4-8-18)14-23(33)27(35)31-15-21-11-12-24(38-21)26(29)30/h11-12,18-20,22-23H,2-10,13-17H2,1H3,(H3,29,30)(H,31,35)(H,32,36)/t19?,20?,22?,23-/m0/s1. The molecule has 0 bridgehead atoms. The van der Waals surface area contributed by atoms with Crippen molar-refractivity contribution in [2.45, 2.75) is 83.2 Å². The second-order valence-electron chi connectivity index (χ2n) is 11.2. The molecule has 2 aliphatic carbocycles. The molecule has 1 aromatic rings. The fourth-order valence-electron chi connectivity index (χ4n) is 6.93. The Balaban J connectivity index is 1.44. The molecule has 3 aliphatic rings. The van der Waals surface area contributed by atoms with Gasteiger partial charge in [0.1, 0.15) is 18.4 Å². The van der Waals surface area contributed by atoms with E-state index in [0.29, 0.717) is 36.2 Å². The minimum atomic E-state index is -0.658. The topological polar surface area (TPSA) is 138 Å². The van der Waals surface area contributed by atoms with Crippen LogP contribution in [0.3, 0.4) is 0 Å². The van der Waals surface area contributed by atoms with Crippen LogP contribution in [-0.4, -0.2) is 54.9 Å². The Morgan fingerprint density at radius 3 is 2.53 bits per heavy atom. The van der Waals surface area contributed by atoms with E-state index in [0.717, 1.165) is 10.8 Å². The monoisotopic (exact) mass is 545 g/mol. The maximum Gasteiger partial charge on any atom is 0.407 e. The number of nitrogens with two attached hydrogens (primary N) is 1. The molecule has 9 nitrogen and oxygen atoms in total. The average molecular weight is 546 g/mol. The van der Waals surface area contributed by atoms with E-state index in [2.05, 4.69) is 15.4 Å². The number of ether oxygens (including phenoxy) is 1. The number of carbonyl (C=O) groups excluding carboxylic acids is 3. The molecule has 1 saturated heterocycles. The number of nitrogen functional groups attached to an aromatic ring is 1. The highest BCUT2D eigenvalue weighted by Gasteiger charge is 2.44. The van der Waals surface area contributed by atoms with Gasteiger partial charge < -0.3 is 26.0 Å². The average Bonchev–Trinajstić information content (AvgIpc) is 3.59. The lowest BCUT2D eigenvalue weighted by Gasteiger charge is -2.38. The third kappa shape index (κ3) is 7.27. The largest absolute Gasteiger partial charge is 0.453 e. The van der Waals surface area contributed by atoms with Crippen LogP contribution in [0.15, 0.2) is 12.1 Å². The van der Waals surface area contributed by atoms with E-state index in [-0.39, 0.29) is 30.1 Å². The van der Waals surface area contributed by atoms with E-state index in [1.807, 2.05) is 6.07 Å². The van der Waals surface area contributed by atoms with Crippen molar-refractivity contribution in [3.05, 3.63) is 21.9 Å². The van der Waals surface area contributed by atoms with Crippen molar-refractivity contribution in [2.24, 2.45) is 29.4 Å². The summed E-state index contributed by atoms with van der Waals surface area (Å²) < 4.78 is 4.62. The molecule has 4 rings (SSSR count). The van der Waals surface area contributed by atoms with E-state index in [1.165, 1.54) is 82.7 Å². The summed E-state index contributed by atoms with van der Waals surface area (Å²) in [6.45, 7) is 0.694. The molecule has 210 valence electrons. The minimum Gasteiger partial charge on any atom is -0.453 e. The van der Waals surface area contributed by atoms with Crippen molar-refractivity contribution >= 4 is 35.1 Å². The maximum atomic E-state index is 13.4. The van der Waals surface area contributed by atoms with E-state index >= 15 is 0 Å². The molecule has 38 heavy (non-hydrogen) atoms. The summed E-state index contributed by atoms with van der Waals surface area (Å²) in [7, 11) is 1.26. The number of nitrogens with zero attached hydrogens (tertiary/aromatic N) is 1. The lowest BCUT2D eigenvalue weighted by Crippen LogP contribution is -2.48. The highest BCUT2D eigenvalue weighted by atomic mass is 32.1. The zero-order chi connectivity index (χ0) is 27.1. The Morgan fingerprint density at radius 1 is 1.08 bits per heavy atom. The van der Waals surface area contributed by atoms with Crippen molar-refractivity contribution in [3.8, 4) is 0 Å². The third-order valence-electron chi connectivity index (χ3n) is 8.82. The molecule has 0 spiro atoms. The first-order valence-corrected chi connectivity index (χ1v) is 15.0. The Labute approximate surface area is 229 Å². The number of rotatable bonds is 9. The van der Waals surface area contributed by atoms with Crippen LogP contribution in [0.25, 0.3) is 0 Å². The van der Waals surface area contributed by atoms with Gasteiger partial charge in [0, 0.05) is 11.4 Å². The highest BCUT2D eigenvalue weighted by Crippen LogP contribution is 2.45. The number of nitrogens with one attached hydrogen (secondary N) is 3.